The highest BCUT2D eigenvalue weighted by Gasteiger charge is 2.40. The smallest absolute Gasteiger partial charge is 0.0699 e. The molecule has 1 N–H and O–H groups in total. The van der Waals surface area contributed by atoms with E-state index in [1.165, 1.54) is 50.3 Å². The second kappa shape index (κ2) is 6.34. The summed E-state index contributed by atoms with van der Waals surface area (Å²) < 4.78 is 2.05. The first kappa shape index (κ1) is 15.9. The third-order valence-corrected chi connectivity index (χ3v) is 5.63. The fourth-order valence-electron chi connectivity index (χ4n) is 4.29. The molecule has 1 unspecified atom stereocenters. The maximum absolute atomic E-state index is 4.89. The molecule has 0 saturated carbocycles. The van der Waals surface area contributed by atoms with E-state index in [1.54, 1.807) is 0 Å². The Morgan fingerprint density at radius 3 is 2.75 bits per heavy atom. The number of nitrogens with zero attached hydrogens (tertiary/aromatic N) is 3. The molecule has 2 aliphatic rings. The van der Waals surface area contributed by atoms with E-state index in [-0.39, 0.29) is 0 Å². The van der Waals surface area contributed by atoms with Crippen molar-refractivity contribution < 1.29 is 0 Å². The number of rotatable bonds is 4. The van der Waals surface area contributed by atoms with Gasteiger partial charge in [-0.3, -0.25) is 4.90 Å². The molecule has 0 aliphatic carbocycles. The number of hydrogen-bond acceptors (Lipinski definition) is 3. The van der Waals surface area contributed by atoms with E-state index in [4.69, 9.17) is 5.10 Å². The Morgan fingerprint density at radius 1 is 1.21 bits per heavy atom. The van der Waals surface area contributed by atoms with Crippen LogP contribution in [0.2, 0.25) is 0 Å². The molecule has 4 nitrogen and oxygen atoms in total. The number of para-hydroxylation sites is 1. The van der Waals surface area contributed by atoms with Gasteiger partial charge in [-0.05, 0) is 49.4 Å². The first-order valence-electron chi connectivity index (χ1n) is 9.22. The molecule has 128 valence electrons. The summed E-state index contributed by atoms with van der Waals surface area (Å²) in [6.07, 6.45) is 4.91. The lowest BCUT2D eigenvalue weighted by Crippen LogP contribution is -2.29. The van der Waals surface area contributed by atoms with Gasteiger partial charge >= 0.3 is 0 Å². The van der Waals surface area contributed by atoms with Crippen molar-refractivity contribution in [1.29, 1.82) is 0 Å². The van der Waals surface area contributed by atoms with Crippen molar-refractivity contribution in [1.82, 2.24) is 20.0 Å². The molecule has 0 bridgehead atoms. The van der Waals surface area contributed by atoms with Crippen LogP contribution in [0.5, 0.6) is 0 Å². The van der Waals surface area contributed by atoms with Gasteiger partial charge < -0.3 is 5.32 Å². The molecule has 0 radical (unpaired) electrons. The van der Waals surface area contributed by atoms with Crippen molar-refractivity contribution in [3.8, 4) is 5.69 Å². The van der Waals surface area contributed by atoms with E-state index >= 15 is 0 Å². The highest BCUT2D eigenvalue weighted by Crippen LogP contribution is 2.37. The van der Waals surface area contributed by atoms with Gasteiger partial charge in [-0.15, -0.1) is 0 Å². The minimum atomic E-state index is 0.453. The summed E-state index contributed by atoms with van der Waals surface area (Å²) in [6, 6.07) is 10.4. The van der Waals surface area contributed by atoms with E-state index in [1.807, 2.05) is 4.68 Å². The number of nitrogens with one attached hydrogen (secondary N) is 1. The highest BCUT2D eigenvalue weighted by molar-refractivity contribution is 5.33. The fourth-order valence-corrected chi connectivity index (χ4v) is 4.29. The Morgan fingerprint density at radius 2 is 2.04 bits per heavy atom. The molecule has 4 rings (SSSR count). The normalized spacial score (nSPS) is 24.5. The van der Waals surface area contributed by atoms with Crippen LogP contribution < -0.4 is 5.32 Å². The number of benzene rings is 1. The summed E-state index contributed by atoms with van der Waals surface area (Å²) in [6.45, 7) is 10.4. The van der Waals surface area contributed by atoms with E-state index in [2.05, 4.69) is 60.6 Å². The molecule has 1 atom stereocenters. The van der Waals surface area contributed by atoms with Crippen molar-refractivity contribution in [2.24, 2.45) is 5.41 Å². The van der Waals surface area contributed by atoms with E-state index in [9.17, 15) is 0 Å². The van der Waals surface area contributed by atoms with Gasteiger partial charge in [-0.25, -0.2) is 4.68 Å². The fraction of sp³-hybridized carbons (Fsp3) is 0.550. The van der Waals surface area contributed by atoms with Crippen molar-refractivity contribution in [3.63, 3.8) is 0 Å². The van der Waals surface area contributed by atoms with Gasteiger partial charge in [0.05, 0.1) is 11.4 Å². The summed E-state index contributed by atoms with van der Waals surface area (Å²) in [4.78, 5) is 2.63. The molecule has 2 aliphatic heterocycles. The van der Waals surface area contributed by atoms with E-state index < -0.39 is 0 Å². The second-order valence-corrected chi connectivity index (χ2v) is 7.86. The van der Waals surface area contributed by atoms with Crippen LogP contribution in [0.1, 0.15) is 43.9 Å². The quantitative estimate of drug-likeness (QED) is 0.938. The Balaban J connectivity index is 1.55. The Labute approximate surface area is 144 Å². The van der Waals surface area contributed by atoms with Gasteiger partial charge in [-0.1, -0.05) is 32.0 Å². The second-order valence-electron chi connectivity index (χ2n) is 7.86. The molecule has 0 amide bonds. The Bertz CT molecular complexity index is 683. The lowest BCUT2D eigenvalue weighted by atomic mass is 9.86. The first-order valence-corrected chi connectivity index (χ1v) is 9.22. The molecule has 2 saturated heterocycles. The summed E-state index contributed by atoms with van der Waals surface area (Å²) in [5, 5.41) is 8.44. The molecule has 2 aromatic rings. The zero-order valence-corrected chi connectivity index (χ0v) is 14.8. The first-order chi connectivity index (χ1) is 11.7. The summed E-state index contributed by atoms with van der Waals surface area (Å²) in [5.41, 5.74) is 4.30. The van der Waals surface area contributed by atoms with Gasteiger partial charge in [0.15, 0.2) is 0 Å². The average molecular weight is 324 g/mol. The van der Waals surface area contributed by atoms with Crippen LogP contribution in [0.25, 0.3) is 5.69 Å². The van der Waals surface area contributed by atoms with Crippen LogP contribution in [0, 0.1) is 5.41 Å². The highest BCUT2D eigenvalue weighted by atomic mass is 15.3. The molecular weight excluding hydrogens is 296 g/mol. The van der Waals surface area contributed by atoms with Crippen LogP contribution in [0.3, 0.4) is 0 Å². The van der Waals surface area contributed by atoms with Gasteiger partial charge in [0.2, 0.25) is 0 Å². The third-order valence-electron chi connectivity index (χ3n) is 5.63. The number of likely N-dealkylation sites (tertiary alicyclic amines) is 1. The maximum atomic E-state index is 4.89. The summed E-state index contributed by atoms with van der Waals surface area (Å²) >= 11 is 0. The van der Waals surface area contributed by atoms with Crippen LogP contribution in [-0.4, -0.2) is 40.9 Å². The molecule has 1 aromatic carbocycles. The van der Waals surface area contributed by atoms with Gasteiger partial charge in [0.25, 0.3) is 0 Å². The van der Waals surface area contributed by atoms with Crippen LogP contribution in [0.15, 0.2) is 36.5 Å². The number of hydrogen-bond donors (Lipinski definition) is 1. The zero-order valence-electron chi connectivity index (χ0n) is 14.8. The molecule has 1 aromatic heterocycles. The standard InChI is InChI=1S/C20H28N4/c1-16(2)19-17(13-24(22-19)18-6-4-3-5-7-18)12-23-11-9-20(15-23)8-10-21-14-20/h3-7,13,16,21H,8-12,14-15H2,1-2H3. The monoisotopic (exact) mass is 324 g/mol. The van der Waals surface area contributed by atoms with E-state index in [0.29, 0.717) is 11.3 Å². The predicted molar refractivity (Wildman–Crippen MR) is 97.5 cm³/mol. The van der Waals surface area contributed by atoms with Crippen molar-refractivity contribution in [3.05, 3.63) is 47.8 Å². The zero-order chi connectivity index (χ0) is 16.6. The molecule has 3 heterocycles. The van der Waals surface area contributed by atoms with Crippen molar-refractivity contribution >= 4 is 0 Å². The lowest BCUT2D eigenvalue weighted by molar-refractivity contribution is 0.268. The Hall–Kier alpha value is -1.65. The largest absolute Gasteiger partial charge is 0.316 e. The Kier molecular flexibility index (Phi) is 4.19. The minimum Gasteiger partial charge on any atom is -0.316 e. The van der Waals surface area contributed by atoms with Gasteiger partial charge in [-0.2, -0.15) is 5.10 Å². The van der Waals surface area contributed by atoms with Gasteiger partial charge in [0, 0.05) is 31.4 Å². The molecule has 24 heavy (non-hydrogen) atoms. The SMILES string of the molecule is CC(C)c1nn(-c2ccccc2)cc1CN1CCC2(CCNC2)C1. The molecular formula is C20H28N4. The minimum absolute atomic E-state index is 0.453. The topological polar surface area (TPSA) is 33.1 Å². The summed E-state index contributed by atoms with van der Waals surface area (Å²) in [5.74, 6) is 0.453. The predicted octanol–water partition coefficient (Wildman–Crippen LogP) is 3.18. The van der Waals surface area contributed by atoms with Crippen LogP contribution >= 0.6 is 0 Å². The molecule has 1 spiro atoms. The summed E-state index contributed by atoms with van der Waals surface area (Å²) in [7, 11) is 0. The van der Waals surface area contributed by atoms with Crippen molar-refractivity contribution in [2.45, 2.75) is 39.2 Å². The van der Waals surface area contributed by atoms with Crippen LogP contribution in [-0.2, 0) is 6.54 Å². The maximum Gasteiger partial charge on any atom is 0.0699 e. The molecule has 4 heteroatoms. The average Bonchev–Trinajstić information content (AvgIpc) is 3.30. The van der Waals surface area contributed by atoms with Gasteiger partial charge in [0.1, 0.15) is 0 Å². The van der Waals surface area contributed by atoms with Crippen LogP contribution in [0.4, 0.5) is 0 Å². The molecule has 2 fully saturated rings. The van der Waals surface area contributed by atoms with Crippen molar-refractivity contribution in [2.75, 3.05) is 26.2 Å². The lowest BCUT2D eigenvalue weighted by Gasteiger charge is -2.22. The third kappa shape index (κ3) is 3.01. The number of aromatic nitrogens is 2. The van der Waals surface area contributed by atoms with E-state index in [0.717, 1.165) is 12.2 Å².